The summed E-state index contributed by atoms with van der Waals surface area (Å²) in [6.45, 7) is -0.253. The molecule has 0 bridgehead atoms. The lowest BCUT2D eigenvalue weighted by Crippen LogP contribution is -2.11. The number of halogens is 2. The molecular formula is C14H9Cl2NO2S. The minimum Gasteiger partial charge on any atom is -0.384 e. The first-order valence-electron chi connectivity index (χ1n) is 5.56. The van der Waals surface area contributed by atoms with Gasteiger partial charge in [-0.05, 0) is 30.3 Å². The van der Waals surface area contributed by atoms with Crippen LogP contribution in [0.4, 0.5) is 5.69 Å². The van der Waals surface area contributed by atoms with E-state index in [4.69, 9.17) is 28.3 Å². The maximum atomic E-state index is 12.1. The zero-order chi connectivity index (χ0) is 14.5. The highest BCUT2D eigenvalue weighted by molar-refractivity contribution is 7.18. The quantitative estimate of drug-likeness (QED) is 0.828. The average molecular weight is 326 g/mol. The number of nitrogens with one attached hydrogen (secondary N) is 1. The van der Waals surface area contributed by atoms with E-state index in [2.05, 4.69) is 17.2 Å². The number of rotatable bonds is 2. The third-order valence-corrected chi connectivity index (χ3v) is 3.79. The predicted octanol–water partition coefficient (Wildman–Crippen LogP) is 3.65. The van der Waals surface area contributed by atoms with Gasteiger partial charge in [-0.3, -0.25) is 4.79 Å². The Morgan fingerprint density at radius 3 is 2.75 bits per heavy atom. The summed E-state index contributed by atoms with van der Waals surface area (Å²) in [7, 11) is 0. The third-order valence-electron chi connectivity index (χ3n) is 2.33. The van der Waals surface area contributed by atoms with Crippen LogP contribution in [0.1, 0.15) is 15.2 Å². The zero-order valence-electron chi connectivity index (χ0n) is 10.1. The molecule has 0 spiro atoms. The molecule has 3 nitrogen and oxygen atoms in total. The SMILES string of the molecule is O=C(Nc1cc(Cl)ccc1C#CCO)c1ccc(Cl)s1. The number of aliphatic hydroxyl groups excluding tert-OH is 1. The Balaban J connectivity index is 2.28. The first-order valence-corrected chi connectivity index (χ1v) is 7.13. The molecule has 0 aliphatic heterocycles. The van der Waals surface area contributed by atoms with Crippen LogP contribution in [0.2, 0.25) is 9.36 Å². The van der Waals surface area contributed by atoms with E-state index in [0.717, 1.165) is 0 Å². The van der Waals surface area contributed by atoms with Crippen molar-refractivity contribution in [3.63, 3.8) is 0 Å². The van der Waals surface area contributed by atoms with Gasteiger partial charge >= 0.3 is 0 Å². The van der Waals surface area contributed by atoms with Gasteiger partial charge in [-0.1, -0.05) is 35.0 Å². The highest BCUT2D eigenvalue weighted by Gasteiger charge is 2.11. The Morgan fingerprint density at radius 1 is 1.30 bits per heavy atom. The van der Waals surface area contributed by atoms with Crippen LogP contribution in [-0.4, -0.2) is 17.6 Å². The number of anilines is 1. The molecule has 1 aromatic heterocycles. The third kappa shape index (κ3) is 3.75. The molecule has 2 N–H and O–H groups in total. The first-order chi connectivity index (χ1) is 9.60. The Labute approximate surface area is 130 Å². The lowest BCUT2D eigenvalue weighted by molar-refractivity contribution is 0.103. The Morgan fingerprint density at radius 2 is 2.10 bits per heavy atom. The maximum Gasteiger partial charge on any atom is 0.265 e. The minimum atomic E-state index is -0.281. The molecule has 0 saturated carbocycles. The van der Waals surface area contributed by atoms with Gasteiger partial charge in [0.05, 0.1) is 14.9 Å². The number of carbonyl (C=O) groups is 1. The molecular weight excluding hydrogens is 317 g/mol. The van der Waals surface area contributed by atoms with Crippen molar-refractivity contribution < 1.29 is 9.90 Å². The normalized spacial score (nSPS) is 9.75. The lowest BCUT2D eigenvalue weighted by Gasteiger charge is -2.07. The smallest absolute Gasteiger partial charge is 0.265 e. The van der Waals surface area contributed by atoms with Gasteiger partial charge < -0.3 is 10.4 Å². The largest absolute Gasteiger partial charge is 0.384 e. The van der Waals surface area contributed by atoms with E-state index >= 15 is 0 Å². The summed E-state index contributed by atoms with van der Waals surface area (Å²) >= 11 is 12.9. The van der Waals surface area contributed by atoms with Gasteiger partial charge in [0.1, 0.15) is 6.61 Å². The van der Waals surface area contributed by atoms with Crippen molar-refractivity contribution in [1.29, 1.82) is 0 Å². The van der Waals surface area contributed by atoms with Gasteiger partial charge in [0.2, 0.25) is 0 Å². The molecule has 6 heteroatoms. The Kier molecular flexibility index (Phi) is 5.05. The number of hydrogen-bond acceptors (Lipinski definition) is 3. The number of benzene rings is 1. The topological polar surface area (TPSA) is 49.3 Å². The summed E-state index contributed by atoms with van der Waals surface area (Å²) in [4.78, 5) is 12.6. The van der Waals surface area contributed by atoms with Gasteiger partial charge in [0.25, 0.3) is 5.91 Å². The van der Waals surface area contributed by atoms with Crippen molar-refractivity contribution >= 4 is 46.1 Å². The van der Waals surface area contributed by atoms with Crippen LogP contribution in [0.3, 0.4) is 0 Å². The van der Waals surface area contributed by atoms with Gasteiger partial charge in [-0.2, -0.15) is 0 Å². The Hall–Kier alpha value is -1.51. The van der Waals surface area contributed by atoms with E-state index in [9.17, 15) is 4.79 Å². The van der Waals surface area contributed by atoms with Crippen LogP contribution in [-0.2, 0) is 0 Å². The predicted molar refractivity (Wildman–Crippen MR) is 82.7 cm³/mol. The number of amides is 1. The molecule has 0 aliphatic rings. The fraction of sp³-hybridized carbons (Fsp3) is 0.0714. The van der Waals surface area contributed by atoms with Crippen LogP contribution >= 0.6 is 34.5 Å². The second-order valence-corrected chi connectivity index (χ2v) is 5.86. The monoisotopic (exact) mass is 325 g/mol. The van der Waals surface area contributed by atoms with Crippen molar-refractivity contribution in [2.24, 2.45) is 0 Å². The molecule has 0 fully saturated rings. The summed E-state index contributed by atoms with van der Waals surface area (Å²) in [6, 6.07) is 8.26. The highest BCUT2D eigenvalue weighted by Crippen LogP contribution is 2.25. The van der Waals surface area contributed by atoms with Crippen molar-refractivity contribution in [2.75, 3.05) is 11.9 Å². The molecule has 0 atom stereocenters. The van der Waals surface area contributed by atoms with Crippen molar-refractivity contribution in [2.45, 2.75) is 0 Å². The molecule has 0 radical (unpaired) electrons. The van der Waals surface area contributed by atoms with E-state index in [0.29, 0.717) is 25.5 Å². The van der Waals surface area contributed by atoms with Crippen LogP contribution in [0.15, 0.2) is 30.3 Å². The van der Waals surface area contributed by atoms with Crippen LogP contribution < -0.4 is 5.32 Å². The fourth-order valence-corrected chi connectivity index (χ4v) is 2.59. The summed E-state index contributed by atoms with van der Waals surface area (Å²) in [6.07, 6.45) is 0. The standard InChI is InChI=1S/C14H9Cl2NO2S/c15-10-4-3-9(2-1-7-18)11(8-10)17-14(19)12-5-6-13(16)20-12/h3-6,8,18H,7H2,(H,17,19). The van der Waals surface area contributed by atoms with Gasteiger partial charge in [0.15, 0.2) is 0 Å². The summed E-state index contributed by atoms with van der Waals surface area (Å²) < 4.78 is 0.543. The summed E-state index contributed by atoms with van der Waals surface area (Å²) in [5.41, 5.74) is 1.08. The lowest BCUT2D eigenvalue weighted by atomic mass is 10.2. The number of hydrogen-bond donors (Lipinski definition) is 2. The minimum absolute atomic E-state index is 0.253. The van der Waals surface area contributed by atoms with Gasteiger partial charge in [-0.25, -0.2) is 0 Å². The second kappa shape index (κ2) is 6.78. The molecule has 0 aliphatic carbocycles. The van der Waals surface area contributed by atoms with Crippen molar-refractivity contribution in [3.05, 3.63) is 50.1 Å². The average Bonchev–Trinajstić information content (AvgIpc) is 2.85. The van der Waals surface area contributed by atoms with Crippen LogP contribution in [0.5, 0.6) is 0 Å². The van der Waals surface area contributed by atoms with Crippen LogP contribution in [0.25, 0.3) is 0 Å². The van der Waals surface area contributed by atoms with E-state index < -0.39 is 0 Å². The summed E-state index contributed by atoms with van der Waals surface area (Å²) in [5, 5.41) is 12.0. The molecule has 1 heterocycles. The molecule has 2 aromatic rings. The molecule has 2 rings (SSSR count). The molecule has 0 saturated heterocycles. The van der Waals surface area contributed by atoms with E-state index in [1.165, 1.54) is 11.3 Å². The molecule has 1 aromatic carbocycles. The van der Waals surface area contributed by atoms with E-state index in [1.807, 2.05) is 0 Å². The first kappa shape index (κ1) is 14.9. The molecule has 20 heavy (non-hydrogen) atoms. The second-order valence-electron chi connectivity index (χ2n) is 3.71. The zero-order valence-corrected chi connectivity index (χ0v) is 12.4. The molecule has 0 unspecified atom stereocenters. The van der Waals surface area contributed by atoms with Crippen molar-refractivity contribution in [1.82, 2.24) is 0 Å². The van der Waals surface area contributed by atoms with Gasteiger partial charge in [-0.15, -0.1) is 11.3 Å². The Bertz CT molecular complexity index is 701. The fourth-order valence-electron chi connectivity index (χ4n) is 1.48. The van der Waals surface area contributed by atoms with E-state index in [-0.39, 0.29) is 12.5 Å². The maximum absolute atomic E-state index is 12.1. The number of thiophene rings is 1. The number of aliphatic hydroxyl groups is 1. The van der Waals surface area contributed by atoms with E-state index in [1.54, 1.807) is 30.3 Å². The van der Waals surface area contributed by atoms with Gasteiger partial charge in [0, 0.05) is 10.6 Å². The van der Waals surface area contributed by atoms with Crippen LogP contribution in [0, 0.1) is 11.8 Å². The highest BCUT2D eigenvalue weighted by atomic mass is 35.5. The number of carbonyl (C=O) groups excluding carboxylic acids is 1. The van der Waals surface area contributed by atoms with Crippen molar-refractivity contribution in [3.8, 4) is 11.8 Å². The molecule has 102 valence electrons. The molecule has 1 amide bonds. The summed E-state index contributed by atoms with van der Waals surface area (Å²) in [5.74, 6) is 5.01.